The lowest BCUT2D eigenvalue weighted by Crippen LogP contribution is -2.37. The summed E-state index contributed by atoms with van der Waals surface area (Å²) in [6, 6.07) is 0. The van der Waals surface area contributed by atoms with Gasteiger partial charge in [0.15, 0.2) is 0 Å². The highest BCUT2D eigenvalue weighted by Gasteiger charge is 2.50. The van der Waals surface area contributed by atoms with Crippen molar-refractivity contribution in [2.24, 2.45) is 0 Å². The van der Waals surface area contributed by atoms with E-state index in [-0.39, 0.29) is 0 Å². The fourth-order valence-electron chi connectivity index (χ4n) is 0.420. The third-order valence-electron chi connectivity index (χ3n) is 1.02. The van der Waals surface area contributed by atoms with Crippen LogP contribution in [0, 0.1) is 6.92 Å². The summed E-state index contributed by atoms with van der Waals surface area (Å²) in [6.07, 6.45) is -1.20. The largest absolute Gasteiger partial charge is 0.426 e. The minimum atomic E-state index is -5.66. The number of alkyl halides is 2. The Kier molecular flexibility index (Phi) is 3.28. The summed E-state index contributed by atoms with van der Waals surface area (Å²) < 4.78 is 52.3. The van der Waals surface area contributed by atoms with Crippen LogP contribution in [0.15, 0.2) is 0 Å². The summed E-state index contributed by atoms with van der Waals surface area (Å²) in [4.78, 5) is 10.3. The van der Waals surface area contributed by atoms with Gasteiger partial charge in [0, 0.05) is 6.42 Å². The van der Waals surface area contributed by atoms with Crippen molar-refractivity contribution in [3.63, 3.8) is 0 Å². The number of hydrogen-bond acceptors (Lipinski definition) is 3. The third-order valence-corrected chi connectivity index (χ3v) is 1.90. The Labute approximate surface area is 68.3 Å². The van der Waals surface area contributed by atoms with E-state index in [2.05, 4.69) is 0 Å². The SMILES string of the molecule is [CH]CCC(=O)C(F)(F)S(=O)(=O)O. The molecule has 1 N–H and O–H groups in total. The van der Waals surface area contributed by atoms with Crippen LogP contribution < -0.4 is 0 Å². The number of hydrogen-bond donors (Lipinski definition) is 1. The molecule has 0 saturated heterocycles. The first-order valence-electron chi connectivity index (χ1n) is 2.81. The molecule has 0 spiro atoms. The molecule has 0 saturated carbocycles. The van der Waals surface area contributed by atoms with E-state index in [0.717, 1.165) is 0 Å². The second-order valence-electron chi connectivity index (χ2n) is 1.95. The lowest BCUT2D eigenvalue weighted by Gasteiger charge is -2.09. The van der Waals surface area contributed by atoms with Gasteiger partial charge in [-0.15, -0.1) is 0 Å². The molecule has 0 heterocycles. The average molecular weight is 200 g/mol. The van der Waals surface area contributed by atoms with E-state index < -0.39 is 34.0 Å². The van der Waals surface area contributed by atoms with E-state index in [1.54, 1.807) is 0 Å². The fourth-order valence-corrected chi connectivity index (χ4v) is 0.810. The number of carbonyl (C=O) groups excluding carboxylic acids is 1. The Morgan fingerprint density at radius 1 is 1.50 bits per heavy atom. The van der Waals surface area contributed by atoms with E-state index in [1.165, 1.54) is 0 Å². The summed E-state index contributed by atoms with van der Waals surface area (Å²) in [5, 5.41) is -4.74. The first-order chi connectivity index (χ1) is 5.23. The van der Waals surface area contributed by atoms with Crippen molar-refractivity contribution in [3.8, 4) is 0 Å². The maximum Gasteiger partial charge on any atom is 0.426 e. The maximum absolute atomic E-state index is 12.3. The normalized spacial score (nSPS) is 13.0. The predicted octanol–water partition coefficient (Wildman–Crippen LogP) is 0.527. The zero-order valence-corrected chi connectivity index (χ0v) is 6.64. The van der Waals surface area contributed by atoms with Gasteiger partial charge in [0.05, 0.1) is 0 Å². The Morgan fingerprint density at radius 3 is 2.17 bits per heavy atom. The van der Waals surface area contributed by atoms with Gasteiger partial charge < -0.3 is 0 Å². The van der Waals surface area contributed by atoms with Gasteiger partial charge in [0.1, 0.15) is 0 Å². The number of halogens is 2. The summed E-state index contributed by atoms with van der Waals surface area (Å²) in [5.41, 5.74) is 0. The minimum absolute atomic E-state index is 0.399. The van der Waals surface area contributed by atoms with Gasteiger partial charge in [-0.1, -0.05) is 0 Å². The van der Waals surface area contributed by atoms with Gasteiger partial charge >= 0.3 is 15.4 Å². The molecule has 0 unspecified atom stereocenters. The maximum atomic E-state index is 12.3. The Hall–Kier alpha value is -0.560. The Morgan fingerprint density at radius 2 is 1.92 bits per heavy atom. The van der Waals surface area contributed by atoms with Gasteiger partial charge in [-0.25, -0.2) is 0 Å². The molecular formula is C5H6F2O4S. The first kappa shape index (κ1) is 11.4. The van der Waals surface area contributed by atoms with Crippen LogP contribution in [0.5, 0.6) is 0 Å². The molecule has 0 fully saturated rings. The van der Waals surface area contributed by atoms with Crippen LogP contribution in [0.2, 0.25) is 0 Å². The second kappa shape index (κ2) is 3.44. The van der Waals surface area contributed by atoms with E-state index in [1.807, 2.05) is 0 Å². The molecule has 0 rings (SSSR count). The molecule has 0 aromatic carbocycles. The molecule has 0 aromatic heterocycles. The molecular weight excluding hydrogens is 194 g/mol. The summed E-state index contributed by atoms with van der Waals surface area (Å²) >= 11 is 0. The van der Waals surface area contributed by atoms with Crippen LogP contribution in [0.25, 0.3) is 0 Å². The highest BCUT2D eigenvalue weighted by atomic mass is 32.2. The van der Waals surface area contributed by atoms with Gasteiger partial charge in [-0.2, -0.15) is 17.2 Å². The molecule has 2 radical (unpaired) electrons. The molecule has 0 aliphatic rings. The topological polar surface area (TPSA) is 71.4 Å². The zero-order chi connectivity index (χ0) is 9.99. The Balaban J connectivity index is 4.75. The highest BCUT2D eigenvalue weighted by Crippen LogP contribution is 2.23. The van der Waals surface area contributed by atoms with Crippen molar-refractivity contribution >= 4 is 15.9 Å². The average Bonchev–Trinajstić information content (AvgIpc) is 1.85. The van der Waals surface area contributed by atoms with Crippen LogP contribution >= 0.6 is 0 Å². The number of carbonyl (C=O) groups is 1. The lowest BCUT2D eigenvalue weighted by molar-refractivity contribution is -0.133. The van der Waals surface area contributed by atoms with Crippen molar-refractivity contribution in [3.05, 3.63) is 6.92 Å². The standard InChI is InChI=1S/C5H6F2O4S/c1-2-3-4(8)5(6,7)12(9,10)11/h1H,2-3H2,(H,9,10,11). The molecule has 0 amide bonds. The highest BCUT2D eigenvalue weighted by molar-refractivity contribution is 7.87. The van der Waals surface area contributed by atoms with E-state index in [9.17, 15) is 22.0 Å². The van der Waals surface area contributed by atoms with E-state index in [4.69, 9.17) is 11.5 Å². The molecule has 70 valence electrons. The second-order valence-corrected chi connectivity index (χ2v) is 3.42. The Bertz CT molecular complexity index is 269. The molecule has 12 heavy (non-hydrogen) atoms. The monoisotopic (exact) mass is 200 g/mol. The number of rotatable bonds is 4. The fraction of sp³-hybridized carbons (Fsp3) is 0.600. The van der Waals surface area contributed by atoms with Crippen molar-refractivity contribution in [1.29, 1.82) is 0 Å². The minimum Gasteiger partial charge on any atom is -0.292 e. The molecule has 0 aromatic rings. The third kappa shape index (κ3) is 2.21. The number of Topliss-reactive ketones (excluding diaryl/α,β-unsaturated/α-hetero) is 1. The van der Waals surface area contributed by atoms with Crippen molar-refractivity contribution < 1.29 is 26.5 Å². The van der Waals surface area contributed by atoms with Gasteiger partial charge in [0.2, 0.25) is 5.78 Å². The number of ketones is 1. The van der Waals surface area contributed by atoms with Crippen molar-refractivity contribution in [1.82, 2.24) is 0 Å². The van der Waals surface area contributed by atoms with Crippen LogP contribution in [0.1, 0.15) is 12.8 Å². The van der Waals surface area contributed by atoms with E-state index in [0.29, 0.717) is 0 Å². The van der Waals surface area contributed by atoms with Crippen LogP contribution in [0.3, 0.4) is 0 Å². The predicted molar refractivity (Wildman–Crippen MR) is 35.0 cm³/mol. The van der Waals surface area contributed by atoms with Crippen LogP contribution in [-0.2, 0) is 14.9 Å². The quantitative estimate of drug-likeness (QED) is 0.672. The summed E-state index contributed by atoms with van der Waals surface area (Å²) in [6.45, 7) is 4.74. The van der Waals surface area contributed by atoms with Crippen LogP contribution in [-0.4, -0.2) is 24.0 Å². The molecule has 0 aliphatic heterocycles. The molecule has 0 atom stereocenters. The molecule has 7 heteroatoms. The smallest absolute Gasteiger partial charge is 0.292 e. The molecule has 0 aliphatic carbocycles. The first-order valence-corrected chi connectivity index (χ1v) is 4.25. The zero-order valence-electron chi connectivity index (χ0n) is 5.83. The van der Waals surface area contributed by atoms with Gasteiger partial charge in [-0.05, 0) is 13.3 Å². The van der Waals surface area contributed by atoms with Crippen LogP contribution in [0.4, 0.5) is 8.78 Å². The molecule has 4 nitrogen and oxygen atoms in total. The molecule has 0 bridgehead atoms. The van der Waals surface area contributed by atoms with Crippen molar-refractivity contribution in [2.45, 2.75) is 18.1 Å². The van der Waals surface area contributed by atoms with Crippen molar-refractivity contribution in [2.75, 3.05) is 0 Å². The van der Waals surface area contributed by atoms with Gasteiger partial charge in [0.25, 0.3) is 0 Å². The van der Waals surface area contributed by atoms with E-state index >= 15 is 0 Å². The lowest BCUT2D eigenvalue weighted by atomic mass is 10.2. The summed E-state index contributed by atoms with van der Waals surface area (Å²) in [5.74, 6) is -1.91. The summed E-state index contributed by atoms with van der Waals surface area (Å²) in [7, 11) is -5.66. The van der Waals surface area contributed by atoms with Gasteiger partial charge in [-0.3, -0.25) is 9.35 Å².